The van der Waals surface area contributed by atoms with Gasteiger partial charge in [-0.1, -0.05) is 140 Å². The smallest absolute Gasteiger partial charge is 0.160 e. The first-order valence-corrected chi connectivity index (χ1v) is 19.3. The van der Waals surface area contributed by atoms with Crippen molar-refractivity contribution in [3.63, 3.8) is 0 Å². The fourth-order valence-electron chi connectivity index (χ4n) is 7.52. The van der Waals surface area contributed by atoms with Gasteiger partial charge in [0.2, 0.25) is 0 Å². The Hall–Kier alpha value is -7.83. The zero-order chi connectivity index (χ0) is 38.7. The van der Waals surface area contributed by atoms with Gasteiger partial charge in [0.1, 0.15) is 6.17 Å². The van der Waals surface area contributed by atoms with Gasteiger partial charge in [-0.15, -0.1) is 0 Å². The highest BCUT2D eigenvalue weighted by Crippen LogP contribution is 2.35. The molecule has 0 saturated carbocycles. The lowest BCUT2D eigenvalue weighted by molar-refractivity contribution is 0.663. The fourth-order valence-corrected chi connectivity index (χ4v) is 7.52. The van der Waals surface area contributed by atoms with Crippen LogP contribution in [0.2, 0.25) is 0 Å². The van der Waals surface area contributed by atoms with Gasteiger partial charge >= 0.3 is 0 Å². The number of fused-ring (bicyclic) bond motifs is 1. The average Bonchev–Trinajstić information content (AvgIpc) is 3.32. The molecule has 4 heterocycles. The van der Waals surface area contributed by atoms with Gasteiger partial charge in [0.25, 0.3) is 0 Å². The minimum atomic E-state index is -0.219. The molecule has 6 heteroatoms. The van der Waals surface area contributed by atoms with Crippen LogP contribution in [-0.2, 0) is 0 Å². The SMILES string of the molecule is C1=C(c2ccccc2)NC(c2ccncc2)N=C1c1ccc(-c2ccc3cccc(-c4ccc(-c5cc(-c6ccncc6)nc(-c6ccccc6)n5)cc4)c3c2)cc1. The van der Waals surface area contributed by atoms with Crippen molar-refractivity contribution < 1.29 is 0 Å². The van der Waals surface area contributed by atoms with Gasteiger partial charge in [0.15, 0.2) is 5.82 Å². The number of aromatic nitrogens is 4. The summed E-state index contributed by atoms with van der Waals surface area (Å²) in [5.74, 6) is 0.690. The number of nitrogens with one attached hydrogen (secondary N) is 1. The van der Waals surface area contributed by atoms with Gasteiger partial charge in [-0.2, -0.15) is 0 Å². The number of hydrogen-bond donors (Lipinski definition) is 1. The predicted molar refractivity (Wildman–Crippen MR) is 236 cm³/mol. The third kappa shape index (κ3) is 7.06. The topological polar surface area (TPSA) is 76.0 Å². The lowest BCUT2D eigenvalue weighted by Gasteiger charge is -2.24. The van der Waals surface area contributed by atoms with E-state index in [1.165, 1.54) is 16.3 Å². The van der Waals surface area contributed by atoms with E-state index in [1.54, 1.807) is 12.4 Å². The molecule has 0 aliphatic carbocycles. The molecular formula is C52H36N6. The van der Waals surface area contributed by atoms with Crippen LogP contribution in [0.15, 0.2) is 212 Å². The van der Waals surface area contributed by atoms with E-state index in [4.69, 9.17) is 15.0 Å². The van der Waals surface area contributed by atoms with E-state index in [0.717, 1.165) is 72.9 Å². The summed E-state index contributed by atoms with van der Waals surface area (Å²) in [6.07, 6.45) is 9.13. The highest BCUT2D eigenvalue weighted by Gasteiger charge is 2.20. The Balaban J connectivity index is 0.964. The maximum Gasteiger partial charge on any atom is 0.160 e. The number of hydrogen-bond acceptors (Lipinski definition) is 6. The quantitative estimate of drug-likeness (QED) is 0.168. The second kappa shape index (κ2) is 15.4. The van der Waals surface area contributed by atoms with Crippen LogP contribution >= 0.6 is 0 Å². The summed E-state index contributed by atoms with van der Waals surface area (Å²) in [6, 6.07) is 61.3. The Bertz CT molecular complexity index is 2870. The fraction of sp³-hybridized carbons (Fsp3) is 0.0192. The second-order valence-corrected chi connectivity index (χ2v) is 14.2. The van der Waals surface area contributed by atoms with E-state index in [-0.39, 0.29) is 6.17 Å². The standard InChI is InChI=1S/C52H36N6/c1-3-8-38(9-4-1)47-33-48(57-52(55-47)43-26-30-54-31-27-43)39-19-14-35(15-20-39)44-23-18-36-12-7-13-45(46(36)32-44)37-16-21-40(22-17-37)49-34-50(41-24-28-53-29-25-41)58-51(56-49)42-10-5-2-6-11-42/h1-34,52,55H. The molecule has 0 fully saturated rings. The van der Waals surface area contributed by atoms with Gasteiger partial charge < -0.3 is 5.32 Å². The molecule has 0 saturated heterocycles. The highest BCUT2D eigenvalue weighted by atomic mass is 15.1. The Morgan fingerprint density at radius 1 is 0.414 bits per heavy atom. The summed E-state index contributed by atoms with van der Waals surface area (Å²) in [7, 11) is 0. The summed E-state index contributed by atoms with van der Waals surface area (Å²) >= 11 is 0. The van der Waals surface area contributed by atoms with Crippen molar-refractivity contribution in [2.75, 3.05) is 0 Å². The van der Waals surface area contributed by atoms with E-state index >= 15 is 0 Å². The van der Waals surface area contributed by atoms with Crippen LogP contribution in [-0.4, -0.2) is 25.6 Å². The molecule has 274 valence electrons. The summed E-state index contributed by atoms with van der Waals surface area (Å²) in [4.78, 5) is 23.5. The molecule has 1 N–H and O–H groups in total. The lowest BCUT2D eigenvalue weighted by Crippen LogP contribution is -2.24. The third-order valence-electron chi connectivity index (χ3n) is 10.6. The molecule has 0 spiro atoms. The second-order valence-electron chi connectivity index (χ2n) is 14.2. The molecule has 3 aromatic heterocycles. The van der Waals surface area contributed by atoms with Crippen molar-refractivity contribution in [2.45, 2.75) is 6.17 Å². The predicted octanol–water partition coefficient (Wildman–Crippen LogP) is 11.9. The molecule has 0 bridgehead atoms. The van der Waals surface area contributed by atoms with Crippen LogP contribution in [0.1, 0.15) is 22.9 Å². The zero-order valence-corrected chi connectivity index (χ0v) is 31.4. The Morgan fingerprint density at radius 3 is 1.71 bits per heavy atom. The summed E-state index contributed by atoms with van der Waals surface area (Å²) in [6.45, 7) is 0. The summed E-state index contributed by atoms with van der Waals surface area (Å²) < 4.78 is 0. The molecule has 0 radical (unpaired) electrons. The molecule has 1 aliphatic rings. The van der Waals surface area contributed by atoms with Crippen LogP contribution in [0, 0.1) is 0 Å². The van der Waals surface area contributed by atoms with Crippen LogP contribution in [0.5, 0.6) is 0 Å². The lowest BCUT2D eigenvalue weighted by atomic mass is 9.93. The van der Waals surface area contributed by atoms with E-state index in [9.17, 15) is 0 Å². The molecule has 0 amide bonds. The molecular weight excluding hydrogens is 709 g/mol. The zero-order valence-electron chi connectivity index (χ0n) is 31.4. The van der Waals surface area contributed by atoms with Crippen LogP contribution in [0.3, 0.4) is 0 Å². The number of benzene rings is 6. The summed E-state index contributed by atoms with van der Waals surface area (Å²) in [5, 5.41) is 6.01. The van der Waals surface area contributed by atoms with E-state index in [1.807, 2.05) is 73.1 Å². The average molecular weight is 745 g/mol. The molecule has 10 rings (SSSR count). The largest absolute Gasteiger partial charge is 0.360 e. The molecule has 6 nitrogen and oxygen atoms in total. The van der Waals surface area contributed by atoms with Crippen LogP contribution < -0.4 is 5.32 Å². The van der Waals surface area contributed by atoms with Crippen molar-refractivity contribution in [1.82, 2.24) is 25.3 Å². The van der Waals surface area contributed by atoms with E-state index < -0.39 is 0 Å². The maximum atomic E-state index is 5.14. The molecule has 1 aliphatic heterocycles. The van der Waals surface area contributed by atoms with Crippen molar-refractivity contribution in [1.29, 1.82) is 0 Å². The van der Waals surface area contributed by atoms with Crippen molar-refractivity contribution in [2.24, 2.45) is 4.99 Å². The van der Waals surface area contributed by atoms with Gasteiger partial charge in [0.05, 0.1) is 17.1 Å². The molecule has 9 aromatic rings. The first kappa shape index (κ1) is 34.6. The van der Waals surface area contributed by atoms with Gasteiger partial charge in [-0.3, -0.25) is 15.0 Å². The van der Waals surface area contributed by atoms with Gasteiger partial charge in [-0.25, -0.2) is 9.97 Å². The van der Waals surface area contributed by atoms with E-state index in [2.05, 4.69) is 137 Å². The number of aliphatic imine (C=N–C) groups is 1. The molecule has 6 aromatic carbocycles. The Kier molecular flexibility index (Phi) is 9.18. The first-order chi connectivity index (χ1) is 28.7. The molecule has 1 atom stereocenters. The number of allylic oxidation sites excluding steroid dienone is 1. The minimum absolute atomic E-state index is 0.219. The molecule has 58 heavy (non-hydrogen) atoms. The van der Waals surface area contributed by atoms with E-state index in [0.29, 0.717) is 5.82 Å². The van der Waals surface area contributed by atoms with Crippen molar-refractivity contribution in [3.05, 3.63) is 223 Å². The Morgan fingerprint density at radius 2 is 1.00 bits per heavy atom. The number of rotatable bonds is 8. The minimum Gasteiger partial charge on any atom is -0.360 e. The van der Waals surface area contributed by atoms with Crippen molar-refractivity contribution in [3.8, 4) is 56.2 Å². The number of nitrogens with zero attached hydrogens (tertiary/aromatic N) is 5. The maximum absolute atomic E-state index is 5.14. The van der Waals surface area contributed by atoms with Gasteiger partial charge in [0, 0.05) is 47.2 Å². The van der Waals surface area contributed by atoms with Crippen molar-refractivity contribution >= 4 is 22.2 Å². The Labute approximate surface area is 337 Å². The normalized spacial score (nSPS) is 13.7. The first-order valence-electron chi connectivity index (χ1n) is 19.3. The van der Waals surface area contributed by atoms with Crippen LogP contribution in [0.4, 0.5) is 0 Å². The third-order valence-corrected chi connectivity index (χ3v) is 10.6. The van der Waals surface area contributed by atoms with Crippen LogP contribution in [0.25, 0.3) is 72.6 Å². The van der Waals surface area contributed by atoms with Gasteiger partial charge in [-0.05, 0) is 92.2 Å². The summed E-state index contributed by atoms with van der Waals surface area (Å²) in [5.41, 5.74) is 14.6. The highest BCUT2D eigenvalue weighted by molar-refractivity contribution is 6.13. The number of pyridine rings is 2. The molecule has 1 unspecified atom stereocenters. The monoisotopic (exact) mass is 744 g/mol.